The van der Waals surface area contributed by atoms with Crippen molar-refractivity contribution >= 4 is 40.5 Å². The van der Waals surface area contributed by atoms with E-state index in [1.54, 1.807) is 0 Å². The first kappa shape index (κ1) is 21.2. The fourth-order valence-electron chi connectivity index (χ4n) is 3.10. The van der Waals surface area contributed by atoms with Crippen molar-refractivity contribution in [2.75, 3.05) is 31.1 Å². The molecule has 3 rings (SSSR count). The second-order valence-electron chi connectivity index (χ2n) is 6.36. The van der Waals surface area contributed by atoms with Crippen LogP contribution in [0, 0.1) is 10.1 Å². The highest BCUT2D eigenvalue weighted by Gasteiger charge is 2.37. The van der Waals surface area contributed by atoms with E-state index < -0.39 is 22.4 Å². The van der Waals surface area contributed by atoms with Crippen LogP contribution in [0.5, 0.6) is 0 Å². The SMILES string of the molecule is O=C(c1ccc(Cl)c(Cl)c1)N1CCN(c2ccc([N+](=O)[O-])cc2C(F)(F)F)CC1. The van der Waals surface area contributed by atoms with E-state index in [9.17, 15) is 28.1 Å². The lowest BCUT2D eigenvalue weighted by molar-refractivity contribution is -0.385. The molecule has 1 saturated heterocycles. The number of benzene rings is 2. The van der Waals surface area contributed by atoms with Gasteiger partial charge in [-0.2, -0.15) is 13.2 Å². The number of carbonyl (C=O) groups is 1. The molecule has 2 aromatic carbocycles. The summed E-state index contributed by atoms with van der Waals surface area (Å²) >= 11 is 11.8. The maximum absolute atomic E-state index is 13.4. The number of rotatable bonds is 3. The lowest BCUT2D eigenvalue weighted by Gasteiger charge is -2.37. The van der Waals surface area contributed by atoms with Gasteiger partial charge < -0.3 is 9.80 Å². The molecule has 0 spiro atoms. The number of piperazine rings is 1. The molecule has 29 heavy (non-hydrogen) atoms. The number of amides is 1. The molecule has 1 aliphatic rings. The average molecular weight is 448 g/mol. The second kappa shape index (κ2) is 8.08. The van der Waals surface area contributed by atoms with Crippen LogP contribution < -0.4 is 4.90 Å². The maximum Gasteiger partial charge on any atom is 0.418 e. The molecule has 6 nitrogen and oxygen atoms in total. The molecule has 154 valence electrons. The topological polar surface area (TPSA) is 66.7 Å². The lowest BCUT2D eigenvalue weighted by atomic mass is 10.1. The minimum atomic E-state index is -4.74. The Kier molecular flexibility index (Phi) is 5.90. The van der Waals surface area contributed by atoms with Crippen LogP contribution in [0.25, 0.3) is 0 Å². The summed E-state index contributed by atoms with van der Waals surface area (Å²) in [6, 6.07) is 7.13. The number of nitro groups is 1. The molecule has 0 N–H and O–H groups in total. The van der Waals surface area contributed by atoms with E-state index in [-0.39, 0.29) is 42.8 Å². The van der Waals surface area contributed by atoms with Crippen LogP contribution in [-0.4, -0.2) is 41.9 Å². The number of anilines is 1. The maximum atomic E-state index is 13.4. The van der Waals surface area contributed by atoms with Crippen molar-refractivity contribution in [2.24, 2.45) is 0 Å². The van der Waals surface area contributed by atoms with Gasteiger partial charge in [-0.1, -0.05) is 23.2 Å². The van der Waals surface area contributed by atoms with Crippen molar-refractivity contribution in [1.82, 2.24) is 4.90 Å². The molecule has 1 heterocycles. The Labute approximate surface area is 173 Å². The molecule has 0 atom stereocenters. The Morgan fingerprint density at radius 1 is 1.00 bits per heavy atom. The average Bonchev–Trinajstić information content (AvgIpc) is 2.68. The van der Waals surface area contributed by atoms with E-state index in [0.29, 0.717) is 16.7 Å². The van der Waals surface area contributed by atoms with Crippen molar-refractivity contribution in [2.45, 2.75) is 6.18 Å². The predicted octanol–water partition coefficient (Wildman–Crippen LogP) is 4.88. The number of hydrogen-bond donors (Lipinski definition) is 0. The summed E-state index contributed by atoms with van der Waals surface area (Å²) < 4.78 is 40.2. The zero-order valence-electron chi connectivity index (χ0n) is 14.7. The first-order valence-corrected chi connectivity index (χ1v) is 9.18. The van der Waals surface area contributed by atoms with Gasteiger partial charge in [-0.3, -0.25) is 14.9 Å². The smallest absolute Gasteiger partial charge is 0.367 e. The summed E-state index contributed by atoms with van der Waals surface area (Å²) in [5, 5.41) is 11.4. The molecule has 2 aromatic rings. The van der Waals surface area contributed by atoms with Crippen molar-refractivity contribution < 1.29 is 22.9 Å². The Balaban J connectivity index is 1.77. The highest BCUT2D eigenvalue weighted by Crippen LogP contribution is 2.39. The largest absolute Gasteiger partial charge is 0.418 e. The Morgan fingerprint density at radius 3 is 2.21 bits per heavy atom. The highest BCUT2D eigenvalue weighted by molar-refractivity contribution is 6.42. The molecule has 1 fully saturated rings. The third-order valence-corrected chi connectivity index (χ3v) is 5.31. The highest BCUT2D eigenvalue weighted by atomic mass is 35.5. The zero-order valence-corrected chi connectivity index (χ0v) is 16.3. The molecule has 0 aromatic heterocycles. The first-order chi connectivity index (χ1) is 13.6. The fraction of sp³-hybridized carbons (Fsp3) is 0.278. The van der Waals surface area contributed by atoms with Crippen LogP contribution in [0.1, 0.15) is 15.9 Å². The third-order valence-electron chi connectivity index (χ3n) is 4.57. The van der Waals surface area contributed by atoms with E-state index >= 15 is 0 Å². The number of halogens is 5. The van der Waals surface area contributed by atoms with E-state index in [1.165, 1.54) is 28.0 Å². The van der Waals surface area contributed by atoms with Gasteiger partial charge in [0.25, 0.3) is 11.6 Å². The van der Waals surface area contributed by atoms with E-state index in [1.807, 2.05) is 0 Å². The molecule has 11 heteroatoms. The third kappa shape index (κ3) is 4.56. The molecule has 0 bridgehead atoms. The molecule has 0 aliphatic carbocycles. The van der Waals surface area contributed by atoms with Crippen LogP contribution in [0.4, 0.5) is 24.5 Å². The van der Waals surface area contributed by atoms with E-state index in [0.717, 1.165) is 12.1 Å². The summed E-state index contributed by atoms with van der Waals surface area (Å²) in [6.07, 6.45) is -4.74. The van der Waals surface area contributed by atoms with Crippen LogP contribution in [-0.2, 0) is 6.18 Å². The Morgan fingerprint density at radius 2 is 1.66 bits per heavy atom. The van der Waals surface area contributed by atoms with Crippen molar-refractivity contribution in [1.29, 1.82) is 0 Å². The van der Waals surface area contributed by atoms with Crippen molar-refractivity contribution in [3.8, 4) is 0 Å². The van der Waals surface area contributed by atoms with Gasteiger partial charge in [0.1, 0.15) is 0 Å². The summed E-state index contributed by atoms with van der Waals surface area (Å²) in [6.45, 7) is 0.669. The molecule has 0 unspecified atom stereocenters. The summed E-state index contributed by atoms with van der Waals surface area (Å²) in [7, 11) is 0. The standard InChI is InChI=1S/C18H14Cl2F3N3O3/c19-14-3-1-11(9-15(14)20)17(27)25-7-5-24(6-8-25)16-4-2-12(26(28)29)10-13(16)18(21,22)23/h1-4,9-10H,5-8H2. The number of nitro benzene ring substituents is 1. The fourth-order valence-corrected chi connectivity index (χ4v) is 3.40. The van der Waals surface area contributed by atoms with Crippen LogP contribution in [0.15, 0.2) is 36.4 Å². The molecule has 0 radical (unpaired) electrons. The molecular weight excluding hydrogens is 434 g/mol. The summed E-state index contributed by atoms with van der Waals surface area (Å²) in [5.74, 6) is -0.303. The number of hydrogen-bond acceptors (Lipinski definition) is 4. The Bertz CT molecular complexity index is 961. The minimum Gasteiger partial charge on any atom is -0.367 e. The Hall–Kier alpha value is -2.52. The van der Waals surface area contributed by atoms with Crippen molar-refractivity contribution in [3.05, 3.63) is 67.7 Å². The molecule has 0 saturated carbocycles. The second-order valence-corrected chi connectivity index (χ2v) is 7.18. The van der Waals surface area contributed by atoms with Crippen LogP contribution >= 0.6 is 23.2 Å². The van der Waals surface area contributed by atoms with Gasteiger partial charge in [0.2, 0.25) is 0 Å². The number of carbonyl (C=O) groups excluding carboxylic acids is 1. The number of nitrogens with zero attached hydrogens (tertiary/aromatic N) is 3. The quantitative estimate of drug-likeness (QED) is 0.496. The van der Waals surface area contributed by atoms with Gasteiger partial charge in [-0.15, -0.1) is 0 Å². The molecular formula is C18H14Cl2F3N3O3. The van der Waals surface area contributed by atoms with E-state index in [2.05, 4.69) is 0 Å². The summed E-state index contributed by atoms with van der Waals surface area (Å²) in [5.41, 5.74) is -1.52. The number of alkyl halides is 3. The van der Waals surface area contributed by atoms with Gasteiger partial charge >= 0.3 is 6.18 Å². The minimum absolute atomic E-state index is 0.147. The predicted molar refractivity (Wildman–Crippen MR) is 103 cm³/mol. The van der Waals surface area contributed by atoms with Gasteiger partial charge in [0.05, 0.1) is 20.5 Å². The molecule has 1 aliphatic heterocycles. The van der Waals surface area contributed by atoms with Crippen LogP contribution in [0.3, 0.4) is 0 Å². The van der Waals surface area contributed by atoms with Gasteiger partial charge in [0.15, 0.2) is 0 Å². The van der Waals surface area contributed by atoms with Crippen LogP contribution in [0.2, 0.25) is 10.0 Å². The van der Waals surface area contributed by atoms with Gasteiger partial charge in [-0.25, -0.2) is 0 Å². The van der Waals surface area contributed by atoms with Crippen molar-refractivity contribution in [3.63, 3.8) is 0 Å². The monoisotopic (exact) mass is 447 g/mol. The number of non-ortho nitro benzene ring substituents is 1. The van der Waals surface area contributed by atoms with Gasteiger partial charge in [-0.05, 0) is 24.3 Å². The molecule has 1 amide bonds. The zero-order chi connectivity index (χ0) is 21.3. The first-order valence-electron chi connectivity index (χ1n) is 8.43. The lowest BCUT2D eigenvalue weighted by Crippen LogP contribution is -2.49. The summed E-state index contributed by atoms with van der Waals surface area (Å²) in [4.78, 5) is 25.5. The van der Waals surface area contributed by atoms with Gasteiger partial charge in [0, 0.05) is 49.6 Å². The normalized spacial score (nSPS) is 14.8. The van der Waals surface area contributed by atoms with E-state index in [4.69, 9.17) is 23.2 Å².